The van der Waals surface area contributed by atoms with E-state index >= 15 is 0 Å². The molecule has 0 aliphatic carbocycles. The van der Waals surface area contributed by atoms with Gasteiger partial charge in [-0.25, -0.2) is 4.98 Å². The van der Waals surface area contributed by atoms with Gasteiger partial charge in [0.15, 0.2) is 12.4 Å². The highest BCUT2D eigenvalue weighted by Gasteiger charge is 2.45. The number of benzene rings is 3. The number of likely N-dealkylation sites (tertiary alicyclic amines) is 2. The van der Waals surface area contributed by atoms with Crippen molar-refractivity contribution in [2.45, 2.75) is 105 Å². The smallest absolute Gasteiger partial charge is 0.258 e. The van der Waals surface area contributed by atoms with Crippen LogP contribution in [0.3, 0.4) is 0 Å². The first-order chi connectivity index (χ1) is 35.3. The SMILES string of the molecule is Cc1ncsc1-c1ccc(CNC(=O)[C@@H]2C[C@@H](O)CN2C(=O)C(NC(=O)COc2ccccc2C(=O)N2CC[C@H](NC(=O)C[C@@H]3N=C(c4ccc(Cl)cc4)c4c(sc(C)c4C)-n4c(C)nnc43)C2)C(C)(C)C)cc1. The fraction of sp³-hybridized carbons (Fsp3) is 0.389. The van der Waals surface area contributed by atoms with Crippen molar-refractivity contribution in [3.05, 3.63) is 133 Å². The molecular formula is C54H59ClN10O7S2. The summed E-state index contributed by atoms with van der Waals surface area (Å²) in [5.74, 6) is -0.694. The largest absolute Gasteiger partial charge is 0.483 e. The van der Waals surface area contributed by atoms with Crippen molar-refractivity contribution in [3.63, 3.8) is 0 Å². The van der Waals surface area contributed by atoms with E-state index in [0.717, 1.165) is 54.0 Å². The van der Waals surface area contributed by atoms with Crippen LogP contribution in [-0.2, 0) is 25.7 Å². The molecule has 5 amide bonds. The summed E-state index contributed by atoms with van der Waals surface area (Å²) in [6.07, 6.45) is -0.374. The molecule has 0 spiro atoms. The number of para-hydroxylation sites is 1. The summed E-state index contributed by atoms with van der Waals surface area (Å²) < 4.78 is 7.98. The highest BCUT2D eigenvalue weighted by atomic mass is 35.5. The molecule has 9 rings (SSSR count). The number of β-amino-alcohol motifs (C(OH)–C–C–N with tert-alkyl or cyclic N) is 1. The van der Waals surface area contributed by atoms with E-state index in [-0.39, 0.29) is 61.6 Å². The monoisotopic (exact) mass is 1060 g/mol. The Hall–Kier alpha value is -6.80. The lowest BCUT2D eigenvalue weighted by atomic mass is 9.85. The maximum Gasteiger partial charge on any atom is 0.258 e. The molecule has 2 fully saturated rings. The van der Waals surface area contributed by atoms with E-state index in [9.17, 15) is 29.1 Å². The highest BCUT2D eigenvalue weighted by molar-refractivity contribution is 7.15. The maximum absolute atomic E-state index is 14.3. The van der Waals surface area contributed by atoms with Crippen molar-refractivity contribution >= 4 is 69.5 Å². The van der Waals surface area contributed by atoms with Crippen molar-refractivity contribution in [1.82, 2.24) is 45.5 Å². The zero-order valence-corrected chi connectivity index (χ0v) is 44.7. The lowest BCUT2D eigenvalue weighted by Gasteiger charge is -2.35. The van der Waals surface area contributed by atoms with Crippen LogP contribution in [0, 0.1) is 33.1 Å². The fourth-order valence-electron chi connectivity index (χ4n) is 9.72. The average molecular weight is 1060 g/mol. The number of hydrogen-bond donors (Lipinski definition) is 4. The Morgan fingerprint density at radius 2 is 1.65 bits per heavy atom. The second-order valence-electron chi connectivity index (χ2n) is 20.1. The summed E-state index contributed by atoms with van der Waals surface area (Å²) in [6, 6.07) is 18.9. The molecule has 6 aromatic rings. The third-order valence-electron chi connectivity index (χ3n) is 13.8. The Labute approximate surface area is 442 Å². The minimum atomic E-state index is -1.08. The number of amides is 5. The molecule has 0 saturated carbocycles. The Morgan fingerprint density at radius 3 is 2.36 bits per heavy atom. The number of aliphatic hydroxyl groups is 1. The number of nitrogens with one attached hydrogen (secondary N) is 3. The summed E-state index contributed by atoms with van der Waals surface area (Å²) in [5.41, 5.74) is 7.74. The number of halogens is 1. The zero-order valence-electron chi connectivity index (χ0n) is 42.3. The molecule has 4 N–H and O–H groups in total. The van der Waals surface area contributed by atoms with Gasteiger partial charge in [-0.05, 0) is 80.5 Å². The van der Waals surface area contributed by atoms with E-state index in [0.29, 0.717) is 29.6 Å². The van der Waals surface area contributed by atoms with Crippen LogP contribution < -0.4 is 20.7 Å². The number of aromatic nitrogens is 4. The Kier molecular flexibility index (Phi) is 15.2. The molecule has 3 aliphatic heterocycles. The molecule has 0 radical (unpaired) electrons. The molecule has 386 valence electrons. The van der Waals surface area contributed by atoms with Crippen molar-refractivity contribution in [1.29, 1.82) is 0 Å². The molecule has 3 aromatic carbocycles. The first-order valence-electron chi connectivity index (χ1n) is 24.6. The Bertz CT molecular complexity index is 3140. The predicted molar refractivity (Wildman–Crippen MR) is 284 cm³/mol. The van der Waals surface area contributed by atoms with E-state index in [2.05, 4.69) is 45.0 Å². The molecule has 3 aromatic heterocycles. The van der Waals surface area contributed by atoms with Gasteiger partial charge in [-0.2, -0.15) is 0 Å². The molecule has 17 nitrogen and oxygen atoms in total. The van der Waals surface area contributed by atoms with Gasteiger partial charge in [0.25, 0.3) is 11.8 Å². The van der Waals surface area contributed by atoms with Crippen LogP contribution in [0.5, 0.6) is 5.75 Å². The van der Waals surface area contributed by atoms with Gasteiger partial charge in [0.1, 0.15) is 34.7 Å². The van der Waals surface area contributed by atoms with Gasteiger partial charge in [-0.15, -0.1) is 32.9 Å². The standard InChI is InChI=1S/C54H59ClN10O7S2/c1-29-31(3)74-53-45(29)46(34-16-18-36(55)19-17-34)59-40(49-62-61-32(4)65(49)53)23-43(67)58-37-20-21-63(25-37)51(70)39-10-8-9-11-42(39)72-27-44(68)60-48(54(5,6)7)52(71)64-26-38(66)22-41(64)50(69)56-24-33-12-14-35(15-13-33)47-30(2)57-28-73-47/h8-19,28,37-38,40-41,48,66H,20-27H2,1-7H3,(H,56,69)(H,58,67)(H,60,68)/t37-,38+,40-,41-,48?/m0/s1. The number of aliphatic hydroxyl groups excluding tert-OH is 1. The minimum Gasteiger partial charge on any atom is -0.483 e. The zero-order chi connectivity index (χ0) is 52.6. The normalized spacial score (nSPS) is 18.7. The molecule has 0 bridgehead atoms. The number of hydrogen-bond acceptors (Lipinski definition) is 13. The maximum atomic E-state index is 14.3. The summed E-state index contributed by atoms with van der Waals surface area (Å²) >= 11 is 9.48. The van der Waals surface area contributed by atoms with Crippen LogP contribution in [0.2, 0.25) is 5.02 Å². The van der Waals surface area contributed by atoms with Gasteiger partial charge in [0, 0.05) is 59.7 Å². The van der Waals surface area contributed by atoms with Gasteiger partial charge in [0.05, 0.1) is 39.9 Å². The highest BCUT2D eigenvalue weighted by Crippen LogP contribution is 2.40. The third-order valence-corrected chi connectivity index (χ3v) is 16.2. The number of aliphatic imine (C=N–C) groups is 1. The van der Waals surface area contributed by atoms with Crippen molar-refractivity contribution < 1.29 is 33.8 Å². The summed E-state index contributed by atoms with van der Waals surface area (Å²) in [6.45, 7) is 13.6. The van der Waals surface area contributed by atoms with E-state index < -0.39 is 54.0 Å². The van der Waals surface area contributed by atoms with Gasteiger partial charge < -0.3 is 35.6 Å². The second-order valence-corrected chi connectivity index (χ2v) is 22.6. The van der Waals surface area contributed by atoms with E-state index in [1.54, 1.807) is 78.1 Å². The predicted octanol–water partition coefficient (Wildman–Crippen LogP) is 6.84. The lowest BCUT2D eigenvalue weighted by molar-refractivity contribution is -0.144. The van der Waals surface area contributed by atoms with Crippen LogP contribution in [0.15, 0.2) is 83.3 Å². The van der Waals surface area contributed by atoms with Crippen molar-refractivity contribution in [2.75, 3.05) is 26.2 Å². The lowest BCUT2D eigenvalue weighted by Crippen LogP contribution is -2.58. The number of carbonyl (C=O) groups excluding carboxylic acids is 5. The van der Waals surface area contributed by atoms with E-state index in [4.69, 9.17) is 21.3 Å². The molecule has 2 saturated heterocycles. The van der Waals surface area contributed by atoms with Gasteiger partial charge >= 0.3 is 0 Å². The van der Waals surface area contributed by atoms with Crippen molar-refractivity contribution in [3.8, 4) is 21.2 Å². The summed E-state index contributed by atoms with van der Waals surface area (Å²) in [5, 5.41) is 30.1. The van der Waals surface area contributed by atoms with Crippen LogP contribution >= 0.6 is 34.3 Å². The Morgan fingerprint density at radius 1 is 0.919 bits per heavy atom. The summed E-state index contributed by atoms with van der Waals surface area (Å²) in [7, 11) is 0. The van der Waals surface area contributed by atoms with E-state index in [1.807, 2.05) is 66.9 Å². The topological polar surface area (TPSA) is 213 Å². The quantitative estimate of drug-likeness (QED) is 0.0892. The van der Waals surface area contributed by atoms with Crippen LogP contribution in [0.25, 0.3) is 15.4 Å². The van der Waals surface area contributed by atoms with Crippen LogP contribution in [0.4, 0.5) is 0 Å². The number of rotatable bonds is 14. The van der Waals surface area contributed by atoms with Crippen LogP contribution in [-0.4, -0.2) is 120 Å². The van der Waals surface area contributed by atoms with Crippen molar-refractivity contribution in [2.24, 2.45) is 10.4 Å². The number of thiazole rings is 1. The second kappa shape index (κ2) is 21.6. The summed E-state index contributed by atoms with van der Waals surface area (Å²) in [4.78, 5) is 84.3. The molecule has 1 unspecified atom stereocenters. The molecule has 3 aliphatic rings. The number of nitrogens with zero attached hydrogens (tertiary/aromatic N) is 7. The van der Waals surface area contributed by atoms with Crippen LogP contribution in [0.1, 0.15) is 101 Å². The minimum absolute atomic E-state index is 0.00614. The molecule has 6 heterocycles. The fourth-order valence-corrected chi connectivity index (χ4v) is 11.9. The first kappa shape index (κ1) is 52.1. The van der Waals surface area contributed by atoms with Gasteiger partial charge in [0.2, 0.25) is 17.7 Å². The number of carbonyl (C=O) groups is 5. The van der Waals surface area contributed by atoms with Gasteiger partial charge in [-0.3, -0.25) is 33.5 Å². The number of thiophene rings is 1. The third kappa shape index (κ3) is 11.0. The first-order valence-corrected chi connectivity index (χ1v) is 26.6. The number of ether oxygens (including phenoxy) is 1. The van der Waals surface area contributed by atoms with Gasteiger partial charge in [-0.1, -0.05) is 80.9 Å². The molecular weight excluding hydrogens is 1000 g/mol. The Balaban J connectivity index is 0.807. The molecule has 20 heteroatoms. The number of fused-ring (bicyclic) bond motifs is 3. The molecule has 5 atom stereocenters. The number of aryl methyl sites for hydroxylation is 3. The van der Waals surface area contributed by atoms with E-state index in [1.165, 1.54) is 4.90 Å². The average Bonchev–Trinajstić information content (AvgIpc) is 4.22. The molecule has 74 heavy (non-hydrogen) atoms.